The SMILES string of the molecule is CSc1ccccc1C(=O)c1cc(F)ccc1Cl. The standard InChI is InChI=1S/C14H10ClFOS/c1-18-13-5-3-2-4-10(13)14(17)11-8-9(16)6-7-12(11)15/h2-8H,1H3. The molecule has 0 aromatic heterocycles. The van der Waals surface area contributed by atoms with Crippen LogP contribution < -0.4 is 0 Å². The van der Waals surface area contributed by atoms with E-state index in [2.05, 4.69) is 0 Å². The van der Waals surface area contributed by atoms with Gasteiger partial charge in [-0.25, -0.2) is 4.39 Å². The molecule has 0 saturated carbocycles. The average molecular weight is 281 g/mol. The highest BCUT2D eigenvalue weighted by molar-refractivity contribution is 7.98. The number of hydrogen-bond donors (Lipinski definition) is 0. The van der Waals surface area contributed by atoms with Gasteiger partial charge in [-0.05, 0) is 36.6 Å². The summed E-state index contributed by atoms with van der Waals surface area (Å²) in [6.45, 7) is 0. The van der Waals surface area contributed by atoms with E-state index in [0.717, 1.165) is 4.90 Å². The normalized spacial score (nSPS) is 10.4. The van der Waals surface area contributed by atoms with Crippen molar-refractivity contribution in [3.8, 4) is 0 Å². The molecule has 2 rings (SSSR count). The van der Waals surface area contributed by atoms with E-state index in [9.17, 15) is 9.18 Å². The lowest BCUT2D eigenvalue weighted by molar-refractivity contribution is 0.103. The van der Waals surface area contributed by atoms with Crippen LogP contribution in [0.3, 0.4) is 0 Å². The molecule has 0 heterocycles. The molecule has 0 aliphatic rings. The molecule has 2 aromatic carbocycles. The van der Waals surface area contributed by atoms with Crippen LogP contribution in [0.15, 0.2) is 47.4 Å². The summed E-state index contributed by atoms with van der Waals surface area (Å²) in [5.41, 5.74) is 0.732. The zero-order chi connectivity index (χ0) is 13.1. The van der Waals surface area contributed by atoms with Gasteiger partial charge in [0.2, 0.25) is 0 Å². The lowest BCUT2D eigenvalue weighted by atomic mass is 10.0. The lowest BCUT2D eigenvalue weighted by Gasteiger charge is -2.07. The largest absolute Gasteiger partial charge is 0.289 e. The Labute approximate surface area is 114 Å². The van der Waals surface area contributed by atoms with E-state index < -0.39 is 5.82 Å². The minimum Gasteiger partial charge on any atom is -0.289 e. The maximum atomic E-state index is 13.2. The first kappa shape index (κ1) is 13.1. The minimum atomic E-state index is -0.468. The van der Waals surface area contributed by atoms with Crippen LogP contribution in [0, 0.1) is 5.82 Å². The summed E-state index contributed by atoms with van der Waals surface area (Å²) in [6.07, 6.45) is 1.89. The third kappa shape index (κ3) is 2.57. The van der Waals surface area contributed by atoms with Gasteiger partial charge >= 0.3 is 0 Å². The zero-order valence-corrected chi connectivity index (χ0v) is 11.2. The van der Waals surface area contributed by atoms with Gasteiger partial charge in [-0.3, -0.25) is 4.79 Å². The Hall–Kier alpha value is -1.32. The summed E-state index contributed by atoms with van der Waals surface area (Å²) in [4.78, 5) is 13.2. The van der Waals surface area contributed by atoms with Crippen LogP contribution in [0.4, 0.5) is 4.39 Å². The Morgan fingerprint density at radius 2 is 1.89 bits per heavy atom. The van der Waals surface area contributed by atoms with E-state index in [-0.39, 0.29) is 16.4 Å². The quantitative estimate of drug-likeness (QED) is 0.611. The van der Waals surface area contributed by atoms with Gasteiger partial charge in [-0.15, -0.1) is 11.8 Å². The molecule has 0 N–H and O–H groups in total. The molecular weight excluding hydrogens is 271 g/mol. The van der Waals surface area contributed by atoms with E-state index in [1.807, 2.05) is 18.4 Å². The first-order valence-electron chi connectivity index (χ1n) is 5.26. The van der Waals surface area contributed by atoms with Gasteiger partial charge in [-0.1, -0.05) is 23.7 Å². The first-order chi connectivity index (χ1) is 8.63. The number of rotatable bonds is 3. The fourth-order valence-corrected chi connectivity index (χ4v) is 2.45. The second kappa shape index (κ2) is 5.55. The molecule has 92 valence electrons. The summed E-state index contributed by atoms with van der Waals surface area (Å²) < 4.78 is 13.2. The van der Waals surface area contributed by atoms with Gasteiger partial charge in [0.25, 0.3) is 0 Å². The van der Waals surface area contributed by atoms with Crippen LogP contribution in [0.2, 0.25) is 5.02 Å². The minimum absolute atomic E-state index is 0.193. The summed E-state index contributed by atoms with van der Waals surface area (Å²) in [7, 11) is 0. The molecule has 0 bridgehead atoms. The lowest BCUT2D eigenvalue weighted by Crippen LogP contribution is -2.04. The fraction of sp³-hybridized carbons (Fsp3) is 0.0714. The third-order valence-corrected chi connectivity index (χ3v) is 3.65. The molecule has 0 amide bonds. The molecule has 0 spiro atoms. The van der Waals surface area contributed by atoms with E-state index in [1.54, 1.807) is 12.1 Å². The molecule has 0 atom stereocenters. The van der Waals surface area contributed by atoms with Crippen molar-refractivity contribution in [3.63, 3.8) is 0 Å². The maximum Gasteiger partial charge on any atom is 0.195 e. The Kier molecular flexibility index (Phi) is 4.04. The number of ketones is 1. The van der Waals surface area contributed by atoms with Gasteiger partial charge in [0.05, 0.1) is 5.02 Å². The van der Waals surface area contributed by atoms with Crippen molar-refractivity contribution in [2.24, 2.45) is 0 Å². The first-order valence-corrected chi connectivity index (χ1v) is 6.86. The molecule has 0 radical (unpaired) electrons. The van der Waals surface area contributed by atoms with Crippen molar-refractivity contribution in [2.45, 2.75) is 4.90 Å². The van der Waals surface area contributed by atoms with E-state index >= 15 is 0 Å². The Bertz CT molecular complexity index is 598. The monoisotopic (exact) mass is 280 g/mol. The summed E-state index contributed by atoms with van der Waals surface area (Å²) >= 11 is 7.41. The summed E-state index contributed by atoms with van der Waals surface area (Å²) in [6, 6.07) is 11.0. The predicted molar refractivity (Wildman–Crippen MR) is 73.1 cm³/mol. The molecule has 0 saturated heterocycles. The number of hydrogen-bond acceptors (Lipinski definition) is 2. The Balaban J connectivity index is 2.51. The highest BCUT2D eigenvalue weighted by Gasteiger charge is 2.16. The molecule has 0 unspecified atom stereocenters. The molecule has 2 aromatic rings. The average Bonchev–Trinajstić information content (AvgIpc) is 2.40. The Morgan fingerprint density at radius 3 is 2.61 bits per heavy atom. The van der Waals surface area contributed by atoms with Crippen LogP contribution in [0.5, 0.6) is 0 Å². The number of thioether (sulfide) groups is 1. The maximum absolute atomic E-state index is 13.2. The predicted octanol–water partition coefficient (Wildman–Crippen LogP) is 4.43. The second-order valence-corrected chi connectivity index (χ2v) is 4.91. The van der Waals surface area contributed by atoms with Gasteiger partial charge in [-0.2, -0.15) is 0 Å². The van der Waals surface area contributed by atoms with Gasteiger partial charge in [0.15, 0.2) is 5.78 Å². The van der Waals surface area contributed by atoms with Gasteiger partial charge in [0, 0.05) is 16.0 Å². The zero-order valence-electron chi connectivity index (χ0n) is 9.61. The van der Waals surface area contributed by atoms with Crippen LogP contribution in [0.1, 0.15) is 15.9 Å². The number of halogens is 2. The van der Waals surface area contributed by atoms with Crippen molar-refractivity contribution >= 4 is 29.1 Å². The third-order valence-electron chi connectivity index (χ3n) is 2.52. The van der Waals surface area contributed by atoms with Gasteiger partial charge in [0.1, 0.15) is 5.82 Å². The molecule has 0 aliphatic carbocycles. The van der Waals surface area contributed by atoms with E-state index in [0.29, 0.717) is 5.56 Å². The van der Waals surface area contributed by atoms with E-state index in [4.69, 9.17) is 11.6 Å². The van der Waals surface area contributed by atoms with Crippen molar-refractivity contribution in [1.82, 2.24) is 0 Å². The highest BCUT2D eigenvalue weighted by Crippen LogP contribution is 2.26. The second-order valence-electron chi connectivity index (χ2n) is 3.65. The van der Waals surface area contributed by atoms with Crippen molar-refractivity contribution in [2.75, 3.05) is 6.26 Å². The Morgan fingerprint density at radius 1 is 1.17 bits per heavy atom. The van der Waals surface area contributed by atoms with Crippen molar-refractivity contribution in [3.05, 3.63) is 64.4 Å². The molecule has 4 heteroatoms. The van der Waals surface area contributed by atoms with E-state index in [1.165, 1.54) is 30.0 Å². The number of carbonyl (C=O) groups excluding carboxylic acids is 1. The number of carbonyl (C=O) groups is 1. The molecular formula is C14H10ClFOS. The molecule has 18 heavy (non-hydrogen) atoms. The molecule has 0 aliphatic heterocycles. The van der Waals surface area contributed by atoms with Crippen LogP contribution in [0.25, 0.3) is 0 Å². The topological polar surface area (TPSA) is 17.1 Å². The summed E-state index contributed by atoms with van der Waals surface area (Å²) in [5, 5.41) is 0.261. The van der Waals surface area contributed by atoms with Crippen LogP contribution in [-0.4, -0.2) is 12.0 Å². The fourth-order valence-electron chi connectivity index (χ4n) is 1.65. The van der Waals surface area contributed by atoms with Gasteiger partial charge < -0.3 is 0 Å². The highest BCUT2D eigenvalue weighted by atomic mass is 35.5. The number of benzene rings is 2. The van der Waals surface area contributed by atoms with Crippen LogP contribution in [-0.2, 0) is 0 Å². The summed E-state index contributed by atoms with van der Waals surface area (Å²) in [5.74, 6) is -0.728. The van der Waals surface area contributed by atoms with Crippen molar-refractivity contribution < 1.29 is 9.18 Å². The van der Waals surface area contributed by atoms with Crippen molar-refractivity contribution in [1.29, 1.82) is 0 Å². The molecule has 0 fully saturated rings. The van der Waals surface area contributed by atoms with Crippen LogP contribution >= 0.6 is 23.4 Å². The molecule has 1 nitrogen and oxygen atoms in total. The smallest absolute Gasteiger partial charge is 0.195 e.